The first-order chi connectivity index (χ1) is 8.56. The van der Waals surface area contributed by atoms with E-state index in [1.807, 2.05) is 6.07 Å². The largest absolute Gasteiger partial charge is 0.464 e. The first kappa shape index (κ1) is 12.3. The van der Waals surface area contributed by atoms with E-state index in [1.165, 1.54) is 7.11 Å². The van der Waals surface area contributed by atoms with Crippen LogP contribution < -0.4 is 5.43 Å². The number of H-pyrrole nitrogens is 1. The summed E-state index contributed by atoms with van der Waals surface area (Å²) in [5.74, 6) is -0.652. The first-order valence-corrected chi connectivity index (χ1v) is 5.71. The third-order valence-electron chi connectivity index (χ3n) is 2.43. The van der Waals surface area contributed by atoms with Crippen molar-refractivity contribution in [3.63, 3.8) is 0 Å². The normalized spacial score (nSPS) is 10.1. The Kier molecular flexibility index (Phi) is 3.17. The predicted octanol–water partition coefficient (Wildman–Crippen LogP) is 1.95. The van der Waals surface area contributed by atoms with Crippen LogP contribution in [-0.2, 0) is 4.74 Å². The topological polar surface area (TPSA) is 82.9 Å². The molecule has 0 radical (unpaired) electrons. The van der Waals surface area contributed by atoms with E-state index in [1.54, 1.807) is 12.1 Å². The van der Waals surface area contributed by atoms with E-state index in [4.69, 9.17) is 5.26 Å². The number of esters is 1. The highest BCUT2D eigenvalue weighted by atomic mass is 79.9. The highest BCUT2D eigenvalue weighted by molar-refractivity contribution is 9.10. The number of fused-ring (bicyclic) bond motifs is 1. The van der Waals surface area contributed by atoms with E-state index in [0.29, 0.717) is 15.4 Å². The molecule has 0 spiro atoms. The Labute approximate surface area is 110 Å². The lowest BCUT2D eigenvalue weighted by Crippen LogP contribution is -2.12. The number of aromatic amines is 1. The molecule has 0 atom stereocenters. The minimum absolute atomic E-state index is 0.0221. The summed E-state index contributed by atoms with van der Waals surface area (Å²) in [4.78, 5) is 26.0. The van der Waals surface area contributed by atoms with Crippen LogP contribution in [0.25, 0.3) is 10.9 Å². The van der Waals surface area contributed by atoms with Gasteiger partial charge < -0.3 is 9.72 Å². The number of rotatable bonds is 1. The highest BCUT2D eigenvalue weighted by Gasteiger charge is 2.12. The number of ether oxygens (including phenoxy) is 1. The predicted molar refractivity (Wildman–Crippen MR) is 68.3 cm³/mol. The van der Waals surface area contributed by atoms with Crippen LogP contribution in [-0.4, -0.2) is 18.1 Å². The molecule has 0 amide bonds. The number of aromatic nitrogens is 1. The maximum Gasteiger partial charge on any atom is 0.354 e. The molecule has 0 unspecified atom stereocenters. The highest BCUT2D eigenvalue weighted by Crippen LogP contribution is 2.20. The van der Waals surface area contributed by atoms with Crippen molar-refractivity contribution < 1.29 is 9.53 Å². The van der Waals surface area contributed by atoms with Crippen molar-refractivity contribution in [3.8, 4) is 6.07 Å². The summed E-state index contributed by atoms with van der Waals surface area (Å²) in [6, 6.07) is 6.29. The fraction of sp³-hybridized carbons (Fsp3) is 0.0833. The first-order valence-electron chi connectivity index (χ1n) is 4.92. The molecule has 0 bridgehead atoms. The summed E-state index contributed by atoms with van der Waals surface area (Å²) in [5, 5.41) is 9.37. The van der Waals surface area contributed by atoms with E-state index >= 15 is 0 Å². The molecule has 5 nitrogen and oxygen atoms in total. The van der Waals surface area contributed by atoms with Gasteiger partial charge in [0.1, 0.15) is 11.8 Å². The van der Waals surface area contributed by atoms with Crippen LogP contribution in [0, 0.1) is 11.3 Å². The quantitative estimate of drug-likeness (QED) is 0.816. The molecule has 1 N–H and O–H groups in total. The van der Waals surface area contributed by atoms with Crippen LogP contribution in [0.2, 0.25) is 0 Å². The number of hydrogen-bond donors (Lipinski definition) is 1. The molecular weight excluding hydrogens is 300 g/mol. The van der Waals surface area contributed by atoms with Gasteiger partial charge in [-0.1, -0.05) is 15.9 Å². The van der Waals surface area contributed by atoms with E-state index in [0.717, 1.165) is 6.07 Å². The number of pyridine rings is 1. The maximum atomic E-state index is 11.9. The Bertz CT molecular complexity index is 743. The maximum absolute atomic E-state index is 11.9. The molecule has 2 aromatic rings. The van der Waals surface area contributed by atoms with Gasteiger partial charge in [0.25, 0.3) is 0 Å². The molecule has 0 aliphatic rings. The zero-order valence-corrected chi connectivity index (χ0v) is 10.9. The lowest BCUT2D eigenvalue weighted by atomic mass is 10.1. The molecule has 6 heteroatoms. The minimum atomic E-state index is -0.652. The second-order valence-corrected chi connectivity index (χ2v) is 4.44. The van der Waals surface area contributed by atoms with Crippen LogP contribution in [0.1, 0.15) is 16.1 Å². The number of nitriles is 1. The van der Waals surface area contributed by atoms with Gasteiger partial charge in [-0.15, -0.1) is 0 Å². The van der Waals surface area contributed by atoms with Gasteiger partial charge in [0, 0.05) is 15.9 Å². The Morgan fingerprint density at radius 1 is 1.44 bits per heavy atom. The van der Waals surface area contributed by atoms with Crippen LogP contribution in [0.4, 0.5) is 0 Å². The lowest BCUT2D eigenvalue weighted by molar-refractivity contribution is 0.0594. The zero-order chi connectivity index (χ0) is 13.3. The zero-order valence-electron chi connectivity index (χ0n) is 9.28. The monoisotopic (exact) mass is 306 g/mol. The Hall–Kier alpha value is -2.13. The molecule has 0 aliphatic carbocycles. The standard InChI is InChI=1S/C12H7BrN2O3/c1-18-12(17)9-4-10(16)8-3-7(13)2-6(5-14)11(8)15-9/h2-4H,1H3,(H,15,16). The van der Waals surface area contributed by atoms with E-state index in [-0.39, 0.29) is 16.7 Å². The van der Waals surface area contributed by atoms with Crippen molar-refractivity contribution in [3.05, 3.63) is 44.2 Å². The van der Waals surface area contributed by atoms with Crippen molar-refractivity contribution in [2.75, 3.05) is 7.11 Å². The summed E-state index contributed by atoms with van der Waals surface area (Å²) in [6.07, 6.45) is 0. The van der Waals surface area contributed by atoms with Crippen LogP contribution in [0.5, 0.6) is 0 Å². The summed E-state index contributed by atoms with van der Waals surface area (Å²) in [5.41, 5.74) is 0.284. The Morgan fingerprint density at radius 3 is 2.78 bits per heavy atom. The summed E-state index contributed by atoms with van der Waals surface area (Å²) < 4.78 is 5.16. The van der Waals surface area contributed by atoms with E-state index < -0.39 is 5.97 Å². The van der Waals surface area contributed by atoms with Crippen LogP contribution in [0.3, 0.4) is 0 Å². The molecule has 90 valence electrons. The number of benzene rings is 1. The molecule has 18 heavy (non-hydrogen) atoms. The van der Waals surface area contributed by atoms with Crippen molar-refractivity contribution in [2.24, 2.45) is 0 Å². The van der Waals surface area contributed by atoms with Gasteiger partial charge in [-0.05, 0) is 12.1 Å². The number of nitrogens with zero attached hydrogens (tertiary/aromatic N) is 1. The summed E-state index contributed by atoms with van der Waals surface area (Å²) in [7, 11) is 1.22. The van der Waals surface area contributed by atoms with Gasteiger partial charge >= 0.3 is 5.97 Å². The average Bonchev–Trinajstić information content (AvgIpc) is 2.37. The number of nitrogens with one attached hydrogen (secondary N) is 1. The van der Waals surface area contributed by atoms with Gasteiger partial charge in [0.2, 0.25) is 0 Å². The molecule has 0 fully saturated rings. The van der Waals surface area contributed by atoms with Gasteiger partial charge in [-0.2, -0.15) is 5.26 Å². The number of methoxy groups -OCH3 is 1. The van der Waals surface area contributed by atoms with Crippen molar-refractivity contribution in [2.45, 2.75) is 0 Å². The molecule has 0 saturated heterocycles. The molecule has 1 aromatic carbocycles. The lowest BCUT2D eigenvalue weighted by Gasteiger charge is -2.04. The molecule has 1 heterocycles. The van der Waals surface area contributed by atoms with Crippen molar-refractivity contribution >= 4 is 32.8 Å². The molecule has 2 rings (SSSR count). The fourth-order valence-corrected chi connectivity index (χ4v) is 2.08. The second-order valence-electron chi connectivity index (χ2n) is 3.53. The molecular formula is C12H7BrN2O3. The second kappa shape index (κ2) is 4.63. The number of carbonyl (C=O) groups excluding carboxylic acids is 1. The third kappa shape index (κ3) is 2.00. The summed E-state index contributed by atoms with van der Waals surface area (Å²) in [6.45, 7) is 0. The third-order valence-corrected chi connectivity index (χ3v) is 2.89. The SMILES string of the molecule is COC(=O)c1cc(=O)c2cc(Br)cc(C#N)c2[nH]1. The van der Waals surface area contributed by atoms with E-state index in [9.17, 15) is 9.59 Å². The fourth-order valence-electron chi connectivity index (χ4n) is 1.62. The minimum Gasteiger partial charge on any atom is -0.464 e. The summed E-state index contributed by atoms with van der Waals surface area (Å²) >= 11 is 3.22. The Balaban J connectivity index is 2.88. The van der Waals surface area contributed by atoms with Crippen molar-refractivity contribution in [1.82, 2.24) is 4.98 Å². The van der Waals surface area contributed by atoms with Crippen LogP contribution in [0.15, 0.2) is 27.5 Å². The van der Waals surface area contributed by atoms with Gasteiger partial charge in [0.15, 0.2) is 5.43 Å². The molecule has 0 saturated carbocycles. The molecule has 0 aliphatic heterocycles. The van der Waals surface area contributed by atoms with Gasteiger partial charge in [-0.25, -0.2) is 4.79 Å². The van der Waals surface area contributed by atoms with Gasteiger partial charge in [-0.3, -0.25) is 4.79 Å². The van der Waals surface area contributed by atoms with Crippen molar-refractivity contribution in [1.29, 1.82) is 5.26 Å². The van der Waals surface area contributed by atoms with Gasteiger partial charge in [0.05, 0.1) is 18.2 Å². The number of hydrogen-bond acceptors (Lipinski definition) is 4. The van der Waals surface area contributed by atoms with Crippen LogP contribution >= 0.6 is 15.9 Å². The average molecular weight is 307 g/mol. The smallest absolute Gasteiger partial charge is 0.354 e. The number of halogens is 1. The molecule has 1 aromatic heterocycles. The number of carbonyl (C=O) groups is 1. The van der Waals surface area contributed by atoms with E-state index in [2.05, 4.69) is 25.7 Å². The Morgan fingerprint density at radius 2 is 2.17 bits per heavy atom.